The molecule has 1 fully saturated rings. The fourth-order valence-electron chi connectivity index (χ4n) is 4.12. The Morgan fingerprint density at radius 1 is 1.13 bits per heavy atom. The molecule has 1 aliphatic heterocycles. The summed E-state index contributed by atoms with van der Waals surface area (Å²) in [6.45, 7) is 12.0. The molecule has 3 rings (SSSR count). The summed E-state index contributed by atoms with van der Waals surface area (Å²) in [5, 5.41) is 19.1. The summed E-state index contributed by atoms with van der Waals surface area (Å²) in [6, 6.07) is 6.73. The van der Waals surface area contributed by atoms with Gasteiger partial charge in [0.15, 0.2) is 11.6 Å². The van der Waals surface area contributed by atoms with Crippen molar-refractivity contribution in [3.63, 3.8) is 0 Å². The Labute approximate surface area is 185 Å². The second-order valence-corrected chi connectivity index (χ2v) is 8.72. The third-order valence-corrected chi connectivity index (χ3v) is 5.91. The van der Waals surface area contributed by atoms with Crippen molar-refractivity contribution in [3.05, 3.63) is 24.4 Å². The van der Waals surface area contributed by atoms with Crippen molar-refractivity contribution in [2.24, 2.45) is 13.0 Å². The number of hydrogen-bond donors (Lipinski definition) is 2. The van der Waals surface area contributed by atoms with Gasteiger partial charge in [-0.15, -0.1) is 10.2 Å². The summed E-state index contributed by atoms with van der Waals surface area (Å²) in [7, 11) is 1.87. The Morgan fingerprint density at radius 3 is 2.39 bits per heavy atom. The average molecular weight is 429 g/mol. The van der Waals surface area contributed by atoms with Crippen molar-refractivity contribution >= 4 is 23.4 Å². The number of anilines is 3. The van der Waals surface area contributed by atoms with Gasteiger partial charge >= 0.3 is 0 Å². The van der Waals surface area contributed by atoms with Crippen LogP contribution in [0, 0.1) is 5.92 Å². The smallest absolute Gasteiger partial charge is 0.223 e. The monoisotopic (exact) mass is 428 g/mol. The second-order valence-electron chi connectivity index (χ2n) is 8.72. The maximum Gasteiger partial charge on any atom is 0.223 e. The number of hydrogen-bond acceptors (Lipinski definition) is 7. The van der Waals surface area contributed by atoms with Crippen LogP contribution >= 0.6 is 0 Å². The molecule has 0 radical (unpaired) electrons. The second kappa shape index (κ2) is 10.6. The minimum absolute atomic E-state index is 0.0709. The molecule has 3 heterocycles. The number of nitrogens with one attached hydrogen (secondary N) is 2. The zero-order chi connectivity index (χ0) is 22.4. The van der Waals surface area contributed by atoms with Gasteiger partial charge in [0, 0.05) is 57.3 Å². The fraction of sp³-hybridized carbons (Fsp3) is 0.636. The lowest BCUT2D eigenvalue weighted by molar-refractivity contribution is -0.125. The zero-order valence-corrected chi connectivity index (χ0v) is 19.4. The molecule has 170 valence electrons. The SMILES string of the molecule is CC(C)N(CCNC(=O)C1CCN(c2ccc(Nc3ccnn3C)nn2)CC1)C(C)C. The minimum Gasteiger partial charge on any atom is -0.355 e. The molecule has 0 aliphatic carbocycles. The molecule has 0 bridgehead atoms. The molecular formula is C22H36N8O. The van der Waals surface area contributed by atoms with Gasteiger partial charge in [0.1, 0.15) is 5.82 Å². The number of carbonyl (C=O) groups excluding carboxylic acids is 1. The van der Waals surface area contributed by atoms with E-state index in [4.69, 9.17) is 0 Å². The van der Waals surface area contributed by atoms with E-state index in [1.54, 1.807) is 10.9 Å². The fourth-order valence-corrected chi connectivity index (χ4v) is 4.12. The number of aryl methyl sites for hydroxylation is 1. The molecule has 0 spiro atoms. The Balaban J connectivity index is 1.43. The van der Waals surface area contributed by atoms with Crippen molar-refractivity contribution in [3.8, 4) is 0 Å². The van der Waals surface area contributed by atoms with Gasteiger partial charge in [0.25, 0.3) is 0 Å². The summed E-state index contributed by atoms with van der Waals surface area (Å²) in [5.41, 5.74) is 0. The maximum atomic E-state index is 12.6. The molecule has 0 saturated carbocycles. The molecule has 1 saturated heterocycles. The van der Waals surface area contributed by atoms with Gasteiger partial charge in [-0.1, -0.05) is 0 Å². The predicted octanol–water partition coefficient (Wildman–Crippen LogP) is 2.41. The number of amides is 1. The molecule has 0 unspecified atom stereocenters. The number of nitrogens with zero attached hydrogens (tertiary/aromatic N) is 6. The number of aromatic nitrogens is 4. The highest BCUT2D eigenvalue weighted by Gasteiger charge is 2.26. The number of rotatable bonds is 9. The van der Waals surface area contributed by atoms with Gasteiger partial charge in [0.05, 0.1) is 6.20 Å². The first-order chi connectivity index (χ1) is 14.8. The first-order valence-corrected chi connectivity index (χ1v) is 11.2. The summed E-state index contributed by atoms with van der Waals surface area (Å²) in [4.78, 5) is 17.2. The molecule has 9 nitrogen and oxygen atoms in total. The molecule has 31 heavy (non-hydrogen) atoms. The highest BCUT2D eigenvalue weighted by molar-refractivity contribution is 5.79. The number of piperidine rings is 1. The van der Waals surface area contributed by atoms with Gasteiger partial charge in [0.2, 0.25) is 5.91 Å². The van der Waals surface area contributed by atoms with E-state index in [1.165, 1.54) is 0 Å². The first kappa shape index (κ1) is 23.0. The van der Waals surface area contributed by atoms with Crippen LogP contribution in [0.4, 0.5) is 17.5 Å². The normalized spacial score (nSPS) is 15.2. The van der Waals surface area contributed by atoms with Crippen LogP contribution in [0.25, 0.3) is 0 Å². The summed E-state index contributed by atoms with van der Waals surface area (Å²) < 4.78 is 1.74. The molecule has 1 aliphatic rings. The Hall–Kier alpha value is -2.68. The van der Waals surface area contributed by atoms with Crippen molar-refractivity contribution in [1.82, 2.24) is 30.2 Å². The molecule has 1 amide bonds. The van der Waals surface area contributed by atoms with E-state index >= 15 is 0 Å². The molecule has 2 aromatic rings. The largest absolute Gasteiger partial charge is 0.355 e. The molecular weight excluding hydrogens is 392 g/mol. The molecule has 0 atom stereocenters. The molecule has 0 aromatic carbocycles. The standard InChI is InChI=1S/C22H36N8O/c1-16(2)30(17(3)4)15-12-23-22(31)18-9-13-29(14-10-18)21-7-6-19(26-27-21)25-20-8-11-24-28(20)5/h6-8,11,16-18H,9-10,12-15H2,1-5H3,(H,23,31)(H,25,26). The van der Waals surface area contributed by atoms with Crippen molar-refractivity contribution in [2.75, 3.05) is 36.4 Å². The van der Waals surface area contributed by atoms with Crippen LogP contribution in [-0.2, 0) is 11.8 Å². The topological polar surface area (TPSA) is 91.2 Å². The third-order valence-electron chi connectivity index (χ3n) is 5.91. The van der Waals surface area contributed by atoms with Crippen LogP contribution < -0.4 is 15.5 Å². The highest BCUT2D eigenvalue weighted by atomic mass is 16.1. The van der Waals surface area contributed by atoms with Crippen LogP contribution in [0.3, 0.4) is 0 Å². The molecule has 9 heteroatoms. The van der Waals surface area contributed by atoms with Gasteiger partial charge in [-0.2, -0.15) is 5.10 Å². The van der Waals surface area contributed by atoms with Crippen molar-refractivity contribution in [1.29, 1.82) is 0 Å². The van der Waals surface area contributed by atoms with Crippen molar-refractivity contribution in [2.45, 2.75) is 52.6 Å². The van der Waals surface area contributed by atoms with E-state index in [9.17, 15) is 4.79 Å². The van der Waals surface area contributed by atoms with Crippen LogP contribution in [0.5, 0.6) is 0 Å². The van der Waals surface area contributed by atoms with Crippen LogP contribution in [0.15, 0.2) is 24.4 Å². The average Bonchev–Trinajstić information content (AvgIpc) is 3.15. The number of carbonyl (C=O) groups is 1. The zero-order valence-electron chi connectivity index (χ0n) is 19.4. The van der Waals surface area contributed by atoms with E-state index in [1.807, 2.05) is 25.2 Å². The molecule has 2 N–H and O–H groups in total. The van der Waals surface area contributed by atoms with Crippen LogP contribution in [-0.4, -0.2) is 69.0 Å². The summed E-state index contributed by atoms with van der Waals surface area (Å²) in [5.74, 6) is 2.63. The quantitative estimate of drug-likeness (QED) is 0.634. The van der Waals surface area contributed by atoms with Crippen LogP contribution in [0.1, 0.15) is 40.5 Å². The lowest BCUT2D eigenvalue weighted by Crippen LogP contribution is -2.45. The Kier molecular flexibility index (Phi) is 7.84. The minimum atomic E-state index is 0.0709. The van der Waals surface area contributed by atoms with Gasteiger partial charge < -0.3 is 15.5 Å². The Bertz CT molecular complexity index is 816. The van der Waals surface area contributed by atoms with E-state index in [-0.39, 0.29) is 11.8 Å². The van der Waals surface area contributed by atoms with Crippen LogP contribution in [0.2, 0.25) is 0 Å². The van der Waals surface area contributed by atoms with E-state index in [0.717, 1.165) is 44.1 Å². The van der Waals surface area contributed by atoms with E-state index in [0.29, 0.717) is 24.4 Å². The summed E-state index contributed by atoms with van der Waals surface area (Å²) in [6.07, 6.45) is 3.40. The maximum absolute atomic E-state index is 12.6. The first-order valence-electron chi connectivity index (χ1n) is 11.2. The lowest BCUT2D eigenvalue weighted by atomic mass is 9.96. The summed E-state index contributed by atoms with van der Waals surface area (Å²) >= 11 is 0. The molecule has 2 aromatic heterocycles. The predicted molar refractivity (Wildman–Crippen MR) is 123 cm³/mol. The van der Waals surface area contributed by atoms with Gasteiger partial charge in [-0.05, 0) is 52.7 Å². The van der Waals surface area contributed by atoms with Gasteiger partial charge in [-0.25, -0.2) is 0 Å². The van der Waals surface area contributed by atoms with Crippen molar-refractivity contribution < 1.29 is 4.79 Å². The lowest BCUT2D eigenvalue weighted by Gasteiger charge is -2.33. The third kappa shape index (κ3) is 6.16. The van der Waals surface area contributed by atoms with Gasteiger partial charge in [-0.3, -0.25) is 14.4 Å². The highest BCUT2D eigenvalue weighted by Crippen LogP contribution is 2.22. The van der Waals surface area contributed by atoms with E-state index in [2.05, 4.69) is 63.4 Å². The Morgan fingerprint density at radius 2 is 1.84 bits per heavy atom. The van der Waals surface area contributed by atoms with E-state index < -0.39 is 0 Å².